The number of nitrogens with one attached hydrogen (secondary N) is 1. The smallest absolute Gasteiger partial charge is 0.261 e. The molecule has 0 radical (unpaired) electrons. The van der Waals surface area contributed by atoms with Crippen LogP contribution in [0.3, 0.4) is 0 Å². The van der Waals surface area contributed by atoms with Crippen LogP contribution < -0.4 is 9.03 Å². The molecular formula is C19H24N2O4S2. The van der Waals surface area contributed by atoms with Crippen LogP contribution >= 0.6 is 0 Å². The summed E-state index contributed by atoms with van der Waals surface area (Å²) >= 11 is 0. The number of fused-ring (bicyclic) bond motifs is 1. The number of sulfonamides is 2. The summed E-state index contributed by atoms with van der Waals surface area (Å²) in [7, 11) is -7.05. The number of anilines is 2. The van der Waals surface area contributed by atoms with E-state index in [2.05, 4.69) is 4.72 Å². The Morgan fingerprint density at radius 1 is 1.00 bits per heavy atom. The first kappa shape index (κ1) is 19.7. The number of rotatable bonds is 5. The molecule has 0 amide bonds. The second-order valence-corrected chi connectivity index (χ2v) is 10.6. The van der Waals surface area contributed by atoms with Crippen molar-refractivity contribution in [3.8, 4) is 0 Å². The van der Waals surface area contributed by atoms with E-state index in [1.807, 2.05) is 13.8 Å². The monoisotopic (exact) mass is 408 g/mol. The van der Waals surface area contributed by atoms with Gasteiger partial charge in [-0.1, -0.05) is 6.07 Å². The van der Waals surface area contributed by atoms with Gasteiger partial charge >= 0.3 is 0 Å². The summed E-state index contributed by atoms with van der Waals surface area (Å²) in [6.45, 7) is 5.88. The Labute approximate surface area is 161 Å². The molecule has 0 unspecified atom stereocenters. The molecule has 2 aromatic carbocycles. The molecule has 2 aromatic rings. The second-order valence-electron chi connectivity index (χ2n) is 6.77. The predicted octanol–water partition coefficient (Wildman–Crippen LogP) is 3.21. The van der Waals surface area contributed by atoms with E-state index in [9.17, 15) is 16.8 Å². The maximum atomic E-state index is 12.7. The summed E-state index contributed by atoms with van der Waals surface area (Å²) in [5.41, 5.74) is 3.84. The van der Waals surface area contributed by atoms with Gasteiger partial charge in [-0.3, -0.25) is 9.03 Å². The highest BCUT2D eigenvalue weighted by atomic mass is 32.2. The van der Waals surface area contributed by atoms with Crippen molar-refractivity contribution in [2.75, 3.05) is 21.3 Å². The Morgan fingerprint density at radius 3 is 2.41 bits per heavy atom. The minimum Gasteiger partial charge on any atom is -0.280 e. The van der Waals surface area contributed by atoms with Gasteiger partial charge in [-0.15, -0.1) is 0 Å². The number of hydrogen-bond donors (Lipinski definition) is 1. The molecule has 146 valence electrons. The molecule has 1 N–H and O–H groups in total. The summed E-state index contributed by atoms with van der Waals surface area (Å²) in [5, 5.41) is 0. The van der Waals surface area contributed by atoms with Crippen LogP contribution in [0, 0.1) is 13.8 Å². The largest absolute Gasteiger partial charge is 0.280 e. The molecule has 0 bridgehead atoms. The predicted molar refractivity (Wildman–Crippen MR) is 108 cm³/mol. The Balaban J connectivity index is 1.92. The minimum atomic E-state index is -3.71. The molecular weight excluding hydrogens is 384 g/mol. The Hall–Kier alpha value is -2.06. The van der Waals surface area contributed by atoms with Gasteiger partial charge in [-0.25, -0.2) is 16.8 Å². The van der Waals surface area contributed by atoms with Gasteiger partial charge in [0.15, 0.2) is 0 Å². The lowest BCUT2D eigenvalue weighted by Crippen LogP contribution is -2.36. The first-order chi connectivity index (χ1) is 12.6. The van der Waals surface area contributed by atoms with Gasteiger partial charge in [0, 0.05) is 12.2 Å². The zero-order chi connectivity index (χ0) is 19.8. The molecule has 0 fully saturated rings. The van der Waals surface area contributed by atoms with Crippen molar-refractivity contribution in [1.29, 1.82) is 0 Å². The van der Waals surface area contributed by atoms with E-state index in [1.165, 1.54) is 4.31 Å². The maximum absolute atomic E-state index is 12.7. The third-order valence-electron chi connectivity index (χ3n) is 4.90. The molecule has 1 heterocycles. The molecule has 1 aliphatic rings. The summed E-state index contributed by atoms with van der Waals surface area (Å²) < 4.78 is 54.0. The average Bonchev–Trinajstić information content (AvgIpc) is 2.62. The second kappa shape index (κ2) is 7.16. The molecule has 0 saturated carbocycles. The quantitative estimate of drug-likeness (QED) is 0.823. The number of hydrogen-bond acceptors (Lipinski definition) is 4. The van der Waals surface area contributed by atoms with Crippen LogP contribution in [0.25, 0.3) is 0 Å². The van der Waals surface area contributed by atoms with Gasteiger partial charge in [-0.05, 0) is 80.6 Å². The van der Waals surface area contributed by atoms with Crippen molar-refractivity contribution in [1.82, 2.24) is 0 Å². The van der Waals surface area contributed by atoms with Crippen LogP contribution in [0.4, 0.5) is 11.4 Å². The van der Waals surface area contributed by atoms with E-state index in [0.717, 1.165) is 16.7 Å². The highest BCUT2D eigenvalue weighted by molar-refractivity contribution is 7.93. The third-order valence-corrected chi connectivity index (χ3v) is 8.06. The van der Waals surface area contributed by atoms with Gasteiger partial charge < -0.3 is 0 Å². The number of nitrogens with zero attached hydrogens (tertiary/aromatic N) is 1. The summed E-state index contributed by atoms with van der Waals surface area (Å²) in [6.07, 6.45) is 1.42. The van der Waals surface area contributed by atoms with Crippen LogP contribution in [-0.4, -0.2) is 29.1 Å². The Morgan fingerprint density at radius 2 is 1.74 bits per heavy atom. The van der Waals surface area contributed by atoms with Gasteiger partial charge in [0.25, 0.3) is 10.0 Å². The molecule has 0 aromatic heterocycles. The van der Waals surface area contributed by atoms with E-state index in [4.69, 9.17) is 0 Å². The fourth-order valence-electron chi connectivity index (χ4n) is 3.17. The maximum Gasteiger partial charge on any atom is 0.261 e. The Kier molecular flexibility index (Phi) is 5.22. The van der Waals surface area contributed by atoms with Crippen LogP contribution in [0.1, 0.15) is 30.0 Å². The minimum absolute atomic E-state index is 0.0353. The van der Waals surface area contributed by atoms with E-state index in [0.29, 0.717) is 30.8 Å². The zero-order valence-electron chi connectivity index (χ0n) is 15.7. The molecule has 0 spiro atoms. The first-order valence-corrected chi connectivity index (χ1v) is 12.0. The molecule has 8 heteroatoms. The van der Waals surface area contributed by atoms with Crippen molar-refractivity contribution < 1.29 is 16.8 Å². The first-order valence-electron chi connectivity index (χ1n) is 8.87. The van der Waals surface area contributed by atoms with Crippen molar-refractivity contribution in [2.24, 2.45) is 0 Å². The fourth-order valence-corrected chi connectivity index (χ4v) is 5.50. The summed E-state index contributed by atoms with van der Waals surface area (Å²) in [5.74, 6) is 0.0353. The van der Waals surface area contributed by atoms with Crippen LogP contribution in [0.15, 0.2) is 41.3 Å². The SMILES string of the molecule is CCS(=O)(=O)N1CCCc2cc(NS(=O)(=O)c3ccc(C)c(C)c3)ccc21. The standard InChI is InChI=1S/C19H24N2O4S2/c1-4-26(22,23)21-11-5-6-16-13-17(8-10-19(16)21)20-27(24,25)18-9-7-14(2)15(3)12-18/h7-10,12-13,20H,4-6,11H2,1-3H3. The highest BCUT2D eigenvalue weighted by Gasteiger charge is 2.26. The summed E-state index contributed by atoms with van der Waals surface area (Å²) in [6, 6.07) is 10.0. The third kappa shape index (κ3) is 3.96. The molecule has 1 aliphatic heterocycles. The van der Waals surface area contributed by atoms with Crippen molar-refractivity contribution in [2.45, 2.75) is 38.5 Å². The molecule has 3 rings (SSSR count). The van der Waals surface area contributed by atoms with Crippen LogP contribution in [0.2, 0.25) is 0 Å². The van der Waals surface area contributed by atoms with Gasteiger partial charge in [0.1, 0.15) is 0 Å². The molecule has 0 aliphatic carbocycles. The lowest BCUT2D eigenvalue weighted by atomic mass is 10.0. The van der Waals surface area contributed by atoms with Crippen LogP contribution in [-0.2, 0) is 26.5 Å². The van der Waals surface area contributed by atoms with E-state index < -0.39 is 20.0 Å². The normalized spacial score (nSPS) is 14.7. The zero-order valence-corrected chi connectivity index (χ0v) is 17.3. The van der Waals surface area contributed by atoms with E-state index >= 15 is 0 Å². The number of benzene rings is 2. The topological polar surface area (TPSA) is 83.6 Å². The lowest BCUT2D eigenvalue weighted by Gasteiger charge is -2.30. The highest BCUT2D eigenvalue weighted by Crippen LogP contribution is 2.32. The molecule has 0 atom stereocenters. The van der Waals surface area contributed by atoms with E-state index in [1.54, 1.807) is 43.3 Å². The average molecular weight is 409 g/mol. The summed E-state index contributed by atoms with van der Waals surface area (Å²) in [4.78, 5) is 0.207. The van der Waals surface area contributed by atoms with Crippen molar-refractivity contribution >= 4 is 31.4 Å². The van der Waals surface area contributed by atoms with Gasteiger partial charge in [0.2, 0.25) is 10.0 Å². The van der Waals surface area contributed by atoms with Crippen molar-refractivity contribution in [3.05, 3.63) is 53.1 Å². The van der Waals surface area contributed by atoms with Gasteiger partial charge in [-0.2, -0.15) is 0 Å². The molecule has 27 heavy (non-hydrogen) atoms. The number of aryl methyl sites for hydroxylation is 3. The fraction of sp³-hybridized carbons (Fsp3) is 0.368. The van der Waals surface area contributed by atoms with Crippen molar-refractivity contribution in [3.63, 3.8) is 0 Å². The molecule has 0 saturated heterocycles. The van der Waals surface area contributed by atoms with Gasteiger partial charge in [0.05, 0.1) is 16.3 Å². The lowest BCUT2D eigenvalue weighted by molar-refractivity contribution is 0.587. The Bertz CT molecular complexity index is 1080. The van der Waals surface area contributed by atoms with E-state index in [-0.39, 0.29) is 10.6 Å². The van der Waals surface area contributed by atoms with Crippen LogP contribution in [0.5, 0.6) is 0 Å². The molecule has 6 nitrogen and oxygen atoms in total.